The quantitative estimate of drug-likeness (QED) is 0.839. The van der Waals surface area contributed by atoms with E-state index >= 15 is 0 Å². The van der Waals surface area contributed by atoms with Crippen LogP contribution in [0, 0.1) is 17.7 Å². The van der Waals surface area contributed by atoms with Gasteiger partial charge in [-0.05, 0) is 31.4 Å². The highest BCUT2D eigenvalue weighted by Crippen LogP contribution is 2.31. The fourth-order valence-electron chi connectivity index (χ4n) is 2.53. The van der Waals surface area contributed by atoms with Gasteiger partial charge >= 0.3 is 5.97 Å². The van der Waals surface area contributed by atoms with Gasteiger partial charge in [0.05, 0.1) is 5.92 Å². The van der Waals surface area contributed by atoms with Gasteiger partial charge in [-0.2, -0.15) is 0 Å². The molecule has 0 radical (unpaired) electrons. The van der Waals surface area contributed by atoms with E-state index in [9.17, 15) is 14.0 Å². The van der Waals surface area contributed by atoms with Crippen LogP contribution in [0.5, 0.6) is 0 Å². The van der Waals surface area contributed by atoms with Crippen LogP contribution >= 0.6 is 0 Å². The summed E-state index contributed by atoms with van der Waals surface area (Å²) in [6, 6.07) is 5.58. The molecule has 0 saturated heterocycles. The van der Waals surface area contributed by atoms with Gasteiger partial charge in [0, 0.05) is 11.5 Å². The first-order valence-electron chi connectivity index (χ1n) is 6.10. The zero-order valence-electron chi connectivity index (χ0n) is 9.93. The second-order valence-electron chi connectivity index (χ2n) is 4.77. The lowest BCUT2D eigenvalue weighted by Crippen LogP contribution is -2.27. The van der Waals surface area contributed by atoms with Crippen LogP contribution in [0.1, 0.15) is 36.0 Å². The van der Waals surface area contributed by atoms with E-state index < -0.39 is 17.7 Å². The zero-order chi connectivity index (χ0) is 13.1. The molecule has 2 rings (SSSR count). The number of carboxylic acid groups (broad SMARTS) is 1. The Morgan fingerprint density at radius 3 is 2.61 bits per heavy atom. The molecule has 3 nitrogen and oxygen atoms in total. The number of halogens is 1. The lowest BCUT2D eigenvalue weighted by atomic mass is 9.78. The Morgan fingerprint density at radius 1 is 1.22 bits per heavy atom. The van der Waals surface area contributed by atoms with Crippen molar-refractivity contribution < 1.29 is 19.1 Å². The number of carbonyl (C=O) groups excluding carboxylic acids is 1. The van der Waals surface area contributed by atoms with Crippen molar-refractivity contribution in [2.75, 3.05) is 0 Å². The molecule has 4 heteroatoms. The van der Waals surface area contributed by atoms with Gasteiger partial charge in [-0.1, -0.05) is 18.6 Å². The van der Waals surface area contributed by atoms with Crippen LogP contribution in [0.15, 0.2) is 24.3 Å². The highest BCUT2D eigenvalue weighted by molar-refractivity contribution is 5.98. The molecular weight excluding hydrogens is 235 g/mol. The van der Waals surface area contributed by atoms with Crippen LogP contribution in [0.25, 0.3) is 0 Å². The molecule has 0 heterocycles. The Morgan fingerprint density at radius 2 is 1.94 bits per heavy atom. The summed E-state index contributed by atoms with van der Waals surface area (Å²) in [5, 5.41) is 8.98. The normalized spacial score (nSPS) is 23.6. The third-order valence-electron chi connectivity index (χ3n) is 3.50. The summed E-state index contributed by atoms with van der Waals surface area (Å²) in [7, 11) is 0. The van der Waals surface area contributed by atoms with Gasteiger partial charge in [0.1, 0.15) is 5.82 Å². The highest BCUT2D eigenvalue weighted by Gasteiger charge is 2.31. The fraction of sp³-hybridized carbons (Fsp3) is 0.429. The molecule has 1 aliphatic rings. The topological polar surface area (TPSA) is 54.4 Å². The monoisotopic (exact) mass is 250 g/mol. The van der Waals surface area contributed by atoms with E-state index in [0.717, 1.165) is 6.42 Å². The maximum absolute atomic E-state index is 13.1. The van der Waals surface area contributed by atoms with Crippen molar-refractivity contribution in [1.29, 1.82) is 0 Å². The summed E-state index contributed by atoms with van der Waals surface area (Å²) < 4.78 is 13.1. The van der Waals surface area contributed by atoms with Gasteiger partial charge in [0.25, 0.3) is 0 Å². The molecule has 0 spiro atoms. The highest BCUT2D eigenvalue weighted by atomic mass is 19.1. The maximum atomic E-state index is 13.1. The molecular formula is C14H15FO3. The third kappa shape index (κ3) is 2.75. The Labute approximate surface area is 105 Å². The molecule has 18 heavy (non-hydrogen) atoms. The molecule has 0 amide bonds. The van der Waals surface area contributed by atoms with Crippen LogP contribution in [0.3, 0.4) is 0 Å². The van der Waals surface area contributed by atoms with Crippen molar-refractivity contribution in [2.45, 2.75) is 25.7 Å². The number of Topliss-reactive ketones (excluding diaryl/α,β-unsaturated/α-hetero) is 1. The average Bonchev–Trinajstić information content (AvgIpc) is 2.38. The van der Waals surface area contributed by atoms with E-state index in [-0.39, 0.29) is 11.7 Å². The van der Waals surface area contributed by atoms with Crippen LogP contribution < -0.4 is 0 Å². The first-order valence-corrected chi connectivity index (χ1v) is 6.10. The number of ketones is 1. The van der Waals surface area contributed by atoms with Crippen molar-refractivity contribution in [3.8, 4) is 0 Å². The van der Waals surface area contributed by atoms with Crippen molar-refractivity contribution >= 4 is 11.8 Å². The van der Waals surface area contributed by atoms with Gasteiger partial charge in [-0.15, -0.1) is 0 Å². The van der Waals surface area contributed by atoms with Crippen LogP contribution in [-0.4, -0.2) is 16.9 Å². The number of aliphatic carboxylic acids is 1. The summed E-state index contributed by atoms with van der Waals surface area (Å²) >= 11 is 0. The molecule has 1 aromatic rings. The Balaban J connectivity index is 2.11. The van der Waals surface area contributed by atoms with Crippen molar-refractivity contribution in [3.05, 3.63) is 35.6 Å². The number of carbonyl (C=O) groups is 2. The largest absolute Gasteiger partial charge is 0.481 e. The SMILES string of the molecule is O=C(O)C1CCCC(C(=O)c2cccc(F)c2)C1. The lowest BCUT2D eigenvalue weighted by molar-refractivity contribution is -0.143. The average molecular weight is 250 g/mol. The smallest absolute Gasteiger partial charge is 0.306 e. The summed E-state index contributed by atoms with van der Waals surface area (Å²) in [5.41, 5.74) is 0.339. The maximum Gasteiger partial charge on any atom is 0.306 e. The summed E-state index contributed by atoms with van der Waals surface area (Å²) in [5.74, 6) is -2.15. The first kappa shape index (κ1) is 12.7. The Bertz CT molecular complexity index is 470. The fourth-order valence-corrected chi connectivity index (χ4v) is 2.53. The minimum absolute atomic E-state index is 0.138. The molecule has 1 saturated carbocycles. The summed E-state index contributed by atoms with van der Waals surface area (Å²) in [6.07, 6.45) is 2.43. The van der Waals surface area contributed by atoms with Crippen LogP contribution in [0.4, 0.5) is 4.39 Å². The second-order valence-corrected chi connectivity index (χ2v) is 4.77. The molecule has 1 aliphatic carbocycles. The number of rotatable bonds is 3. The van der Waals surface area contributed by atoms with Gasteiger partial charge in [-0.3, -0.25) is 9.59 Å². The second kappa shape index (κ2) is 5.29. The molecule has 1 N–H and O–H groups in total. The van der Waals surface area contributed by atoms with Gasteiger partial charge in [0.15, 0.2) is 5.78 Å². The van der Waals surface area contributed by atoms with E-state index in [2.05, 4.69) is 0 Å². The standard InChI is InChI=1S/C14H15FO3/c15-12-6-2-4-10(8-12)13(16)9-3-1-5-11(7-9)14(17)18/h2,4,6,8-9,11H,1,3,5,7H2,(H,17,18). The molecule has 2 unspecified atom stereocenters. The minimum atomic E-state index is -0.841. The summed E-state index contributed by atoms with van der Waals surface area (Å²) in [4.78, 5) is 23.1. The lowest BCUT2D eigenvalue weighted by Gasteiger charge is -2.25. The Hall–Kier alpha value is -1.71. The van der Waals surface area contributed by atoms with Crippen molar-refractivity contribution in [3.63, 3.8) is 0 Å². The van der Waals surface area contributed by atoms with Crippen molar-refractivity contribution in [2.24, 2.45) is 11.8 Å². The Kier molecular flexibility index (Phi) is 3.75. The van der Waals surface area contributed by atoms with Gasteiger partial charge in [-0.25, -0.2) is 4.39 Å². The molecule has 1 fully saturated rings. The number of hydrogen-bond donors (Lipinski definition) is 1. The van der Waals surface area contributed by atoms with E-state index in [0.29, 0.717) is 24.8 Å². The zero-order valence-corrected chi connectivity index (χ0v) is 9.93. The van der Waals surface area contributed by atoms with E-state index in [4.69, 9.17) is 5.11 Å². The van der Waals surface area contributed by atoms with Gasteiger partial charge < -0.3 is 5.11 Å². The molecule has 0 bridgehead atoms. The molecule has 2 atom stereocenters. The van der Waals surface area contributed by atoms with Crippen LogP contribution in [-0.2, 0) is 4.79 Å². The van der Waals surface area contributed by atoms with Gasteiger partial charge in [0.2, 0.25) is 0 Å². The summed E-state index contributed by atoms with van der Waals surface area (Å²) in [6.45, 7) is 0. The number of benzene rings is 1. The minimum Gasteiger partial charge on any atom is -0.481 e. The molecule has 0 aromatic heterocycles. The van der Waals surface area contributed by atoms with Crippen molar-refractivity contribution in [1.82, 2.24) is 0 Å². The molecule has 1 aromatic carbocycles. The molecule has 96 valence electrons. The van der Waals surface area contributed by atoms with E-state index in [1.807, 2.05) is 0 Å². The van der Waals surface area contributed by atoms with E-state index in [1.165, 1.54) is 18.2 Å². The first-order chi connectivity index (χ1) is 8.58. The molecule has 0 aliphatic heterocycles. The van der Waals surface area contributed by atoms with Crippen LogP contribution in [0.2, 0.25) is 0 Å². The third-order valence-corrected chi connectivity index (χ3v) is 3.50. The number of hydrogen-bond acceptors (Lipinski definition) is 2. The number of carboxylic acids is 1. The predicted molar refractivity (Wildman–Crippen MR) is 63.8 cm³/mol. The van der Waals surface area contributed by atoms with E-state index in [1.54, 1.807) is 6.07 Å². The predicted octanol–water partition coefficient (Wildman–Crippen LogP) is 2.90.